The van der Waals surface area contributed by atoms with Crippen molar-refractivity contribution in [3.63, 3.8) is 0 Å². The van der Waals surface area contributed by atoms with Crippen molar-refractivity contribution >= 4 is 12.4 Å². The summed E-state index contributed by atoms with van der Waals surface area (Å²) in [5, 5.41) is 15.4. The molecule has 196 valence electrons. The lowest BCUT2D eigenvalue weighted by molar-refractivity contribution is -0.156. The molecule has 1 aliphatic heterocycles. The molecule has 1 saturated heterocycles. The minimum Gasteiger partial charge on any atom is -0.485 e. The van der Waals surface area contributed by atoms with Crippen LogP contribution in [-0.4, -0.2) is 54.9 Å². The first-order chi connectivity index (χ1) is 15.9. The van der Waals surface area contributed by atoms with Crippen LogP contribution in [0.1, 0.15) is 54.4 Å². The van der Waals surface area contributed by atoms with Gasteiger partial charge in [0.25, 0.3) is 0 Å². The fourth-order valence-corrected chi connectivity index (χ4v) is 2.72. The van der Waals surface area contributed by atoms with Crippen molar-refractivity contribution in [2.45, 2.75) is 72.1 Å². The second kappa shape index (κ2) is 15.5. The van der Waals surface area contributed by atoms with Crippen molar-refractivity contribution in [2.24, 2.45) is 5.92 Å². The number of amides is 1. The molecule has 1 fully saturated rings. The quantitative estimate of drug-likeness (QED) is 0.221. The molecule has 0 spiro atoms. The largest absolute Gasteiger partial charge is 0.485 e. The Morgan fingerprint density at radius 2 is 1.79 bits per heavy atom. The molecule has 1 aromatic rings. The maximum Gasteiger partial charge on any atom is 0.308 e. The SMILES string of the molecule is CC.CC(C)(C)OC(=O)CC(NC=O)C(O)COc1c(F)c(F)cc(F)c1F.CC1CCNC1. The van der Waals surface area contributed by atoms with Crippen LogP contribution in [0.5, 0.6) is 5.75 Å². The Hall–Kier alpha value is -2.40. The second-order valence-corrected chi connectivity index (χ2v) is 8.46. The van der Waals surface area contributed by atoms with Crippen molar-refractivity contribution in [3.8, 4) is 5.75 Å². The van der Waals surface area contributed by atoms with Gasteiger partial charge >= 0.3 is 5.97 Å². The van der Waals surface area contributed by atoms with Gasteiger partial charge in [-0.15, -0.1) is 0 Å². The lowest BCUT2D eigenvalue weighted by Crippen LogP contribution is -2.44. The van der Waals surface area contributed by atoms with E-state index in [2.05, 4.69) is 22.3 Å². The van der Waals surface area contributed by atoms with Gasteiger partial charge in [-0.2, -0.15) is 8.78 Å². The van der Waals surface area contributed by atoms with Gasteiger partial charge in [0.2, 0.25) is 18.0 Å². The molecular formula is C23H36F4N2O5. The highest BCUT2D eigenvalue weighted by molar-refractivity contribution is 5.71. The van der Waals surface area contributed by atoms with Crippen LogP contribution in [0.3, 0.4) is 0 Å². The molecule has 3 N–H and O–H groups in total. The van der Waals surface area contributed by atoms with Gasteiger partial charge in [0.1, 0.15) is 18.3 Å². The van der Waals surface area contributed by atoms with E-state index in [1.807, 2.05) is 13.8 Å². The zero-order valence-corrected chi connectivity index (χ0v) is 20.5. The molecule has 1 amide bonds. The average Bonchev–Trinajstić information content (AvgIpc) is 3.23. The third-order valence-electron chi connectivity index (χ3n) is 4.33. The van der Waals surface area contributed by atoms with E-state index in [1.165, 1.54) is 19.5 Å². The molecule has 2 rings (SSSR count). The number of rotatable bonds is 8. The predicted octanol–water partition coefficient (Wildman–Crippen LogP) is 3.47. The van der Waals surface area contributed by atoms with Gasteiger partial charge in [0.05, 0.1) is 12.5 Å². The number of benzene rings is 1. The first kappa shape index (κ1) is 31.6. The van der Waals surface area contributed by atoms with Crippen molar-refractivity contribution in [1.29, 1.82) is 0 Å². The van der Waals surface area contributed by atoms with Crippen LogP contribution >= 0.6 is 0 Å². The smallest absolute Gasteiger partial charge is 0.308 e. The van der Waals surface area contributed by atoms with Crippen LogP contribution < -0.4 is 15.4 Å². The van der Waals surface area contributed by atoms with Crippen LogP contribution in [0.2, 0.25) is 0 Å². The molecule has 0 bridgehead atoms. The van der Waals surface area contributed by atoms with E-state index in [0.717, 1.165) is 5.92 Å². The predicted molar refractivity (Wildman–Crippen MR) is 119 cm³/mol. The molecule has 1 aromatic carbocycles. The molecule has 1 aliphatic rings. The number of aliphatic hydroxyl groups is 1. The van der Waals surface area contributed by atoms with E-state index in [1.54, 1.807) is 20.8 Å². The molecule has 34 heavy (non-hydrogen) atoms. The summed E-state index contributed by atoms with van der Waals surface area (Å²) < 4.78 is 62.9. The first-order valence-electron chi connectivity index (χ1n) is 11.1. The monoisotopic (exact) mass is 496 g/mol. The fraction of sp³-hybridized carbons (Fsp3) is 0.652. The molecule has 7 nitrogen and oxygen atoms in total. The summed E-state index contributed by atoms with van der Waals surface area (Å²) in [4.78, 5) is 22.4. The van der Waals surface area contributed by atoms with Gasteiger partial charge in [0, 0.05) is 6.07 Å². The lowest BCUT2D eigenvalue weighted by atomic mass is 10.1. The third kappa shape index (κ3) is 11.6. The summed E-state index contributed by atoms with van der Waals surface area (Å²) >= 11 is 0. The molecule has 3 unspecified atom stereocenters. The zero-order valence-electron chi connectivity index (χ0n) is 20.5. The number of hydrogen-bond acceptors (Lipinski definition) is 6. The van der Waals surface area contributed by atoms with E-state index in [9.17, 15) is 32.3 Å². The van der Waals surface area contributed by atoms with Crippen molar-refractivity contribution < 1.29 is 41.7 Å². The number of aliphatic hydroxyl groups excluding tert-OH is 1. The molecular weight excluding hydrogens is 460 g/mol. The summed E-state index contributed by atoms with van der Waals surface area (Å²) in [6.45, 7) is 12.7. The van der Waals surface area contributed by atoms with E-state index in [0.29, 0.717) is 0 Å². The van der Waals surface area contributed by atoms with E-state index in [4.69, 9.17) is 4.74 Å². The highest BCUT2D eigenvalue weighted by Gasteiger charge is 2.27. The van der Waals surface area contributed by atoms with Crippen LogP contribution in [-0.2, 0) is 14.3 Å². The van der Waals surface area contributed by atoms with Crippen LogP contribution in [0.15, 0.2) is 6.07 Å². The third-order valence-corrected chi connectivity index (χ3v) is 4.33. The van der Waals surface area contributed by atoms with E-state index < -0.39 is 65.8 Å². The molecule has 0 saturated carbocycles. The number of esters is 1. The molecule has 1 heterocycles. The minimum atomic E-state index is -1.77. The summed E-state index contributed by atoms with van der Waals surface area (Å²) in [5.41, 5.74) is -0.810. The molecule has 3 atom stereocenters. The van der Waals surface area contributed by atoms with Gasteiger partial charge in [-0.1, -0.05) is 20.8 Å². The van der Waals surface area contributed by atoms with Crippen LogP contribution in [0.4, 0.5) is 17.6 Å². The number of nitrogens with one attached hydrogen (secondary N) is 2. The van der Waals surface area contributed by atoms with Crippen molar-refractivity contribution in [3.05, 3.63) is 29.3 Å². The maximum atomic E-state index is 13.5. The number of carbonyl (C=O) groups is 2. The standard InChI is InChI=1S/C16H19F4NO5.C5H11N.C2H6/c1-16(2,3)26-12(24)5-10(21-7-22)11(23)6-25-15-13(19)8(17)4-9(18)14(15)20;1-5-2-3-6-4-5;1-2/h4,7,10-11,23H,5-6H2,1-3H3,(H,21,22);5-6H,2-4H2,1H3;1-2H3. The second-order valence-electron chi connectivity index (χ2n) is 8.46. The Balaban J connectivity index is 0.00000115. The Bertz CT molecular complexity index is 742. The Labute approximate surface area is 198 Å². The first-order valence-corrected chi connectivity index (χ1v) is 11.1. The Morgan fingerprint density at radius 3 is 2.18 bits per heavy atom. The molecule has 0 aliphatic carbocycles. The molecule has 0 aromatic heterocycles. The highest BCUT2D eigenvalue weighted by atomic mass is 19.2. The van der Waals surface area contributed by atoms with Gasteiger partial charge in [0.15, 0.2) is 17.4 Å². The topological polar surface area (TPSA) is 96.9 Å². The summed E-state index contributed by atoms with van der Waals surface area (Å²) in [7, 11) is 0. The van der Waals surface area contributed by atoms with Gasteiger partial charge < -0.3 is 25.2 Å². The number of carbonyl (C=O) groups excluding carboxylic acids is 2. The summed E-state index contributed by atoms with van der Waals surface area (Å²) in [6.07, 6.45) is -0.526. The van der Waals surface area contributed by atoms with E-state index >= 15 is 0 Å². The van der Waals surface area contributed by atoms with Crippen LogP contribution in [0.25, 0.3) is 0 Å². The zero-order chi connectivity index (χ0) is 26.5. The summed E-state index contributed by atoms with van der Waals surface area (Å²) in [5.74, 6) is -8.08. The normalized spacial score (nSPS) is 16.7. The Kier molecular flexibility index (Phi) is 14.4. The minimum absolute atomic E-state index is 0.00715. The van der Waals surface area contributed by atoms with Crippen molar-refractivity contribution in [2.75, 3.05) is 19.7 Å². The summed E-state index contributed by atoms with van der Waals surface area (Å²) in [6, 6.07) is -1.21. The van der Waals surface area contributed by atoms with Gasteiger partial charge in [-0.3, -0.25) is 9.59 Å². The van der Waals surface area contributed by atoms with Crippen LogP contribution in [0, 0.1) is 29.2 Å². The molecule has 11 heteroatoms. The van der Waals surface area contributed by atoms with Gasteiger partial charge in [-0.25, -0.2) is 8.78 Å². The number of ether oxygens (including phenoxy) is 2. The Morgan fingerprint density at radius 1 is 1.24 bits per heavy atom. The van der Waals surface area contributed by atoms with Crippen molar-refractivity contribution in [1.82, 2.24) is 10.6 Å². The lowest BCUT2D eigenvalue weighted by Gasteiger charge is -2.25. The van der Waals surface area contributed by atoms with Gasteiger partial charge in [-0.05, 0) is 46.2 Å². The highest BCUT2D eigenvalue weighted by Crippen LogP contribution is 2.26. The number of halogens is 4. The number of hydrogen-bond donors (Lipinski definition) is 3. The average molecular weight is 497 g/mol. The fourth-order valence-electron chi connectivity index (χ4n) is 2.72. The maximum absolute atomic E-state index is 13.5. The molecule has 0 radical (unpaired) electrons. The van der Waals surface area contributed by atoms with E-state index in [-0.39, 0.29) is 12.5 Å².